The van der Waals surface area contributed by atoms with Gasteiger partial charge in [-0.25, -0.2) is 0 Å². The summed E-state index contributed by atoms with van der Waals surface area (Å²) in [4.78, 5) is 29.9. The molecule has 1 rings (SSSR count). The van der Waals surface area contributed by atoms with Crippen molar-refractivity contribution in [2.45, 2.75) is 46.1 Å². The SMILES string of the molecule is CCNC(=NCCC(=O)NC(C)CC)NCCc1cccc(C(=O)N(C)C)c1.I. The van der Waals surface area contributed by atoms with Crippen LogP contribution < -0.4 is 16.0 Å². The van der Waals surface area contributed by atoms with Crippen molar-refractivity contribution in [3.05, 3.63) is 35.4 Å². The molecule has 0 fully saturated rings. The van der Waals surface area contributed by atoms with Gasteiger partial charge in [-0.3, -0.25) is 14.6 Å². The summed E-state index contributed by atoms with van der Waals surface area (Å²) in [5, 5.41) is 9.41. The normalized spacial score (nSPS) is 11.8. The maximum absolute atomic E-state index is 12.1. The Morgan fingerprint density at radius 2 is 1.90 bits per heavy atom. The molecule has 0 aliphatic heterocycles. The van der Waals surface area contributed by atoms with Crippen LogP contribution in [-0.4, -0.2) is 62.4 Å². The zero-order chi connectivity index (χ0) is 20.9. The van der Waals surface area contributed by atoms with Crippen molar-refractivity contribution < 1.29 is 9.59 Å². The molecule has 3 N–H and O–H groups in total. The third-order valence-corrected chi connectivity index (χ3v) is 4.26. The number of guanidine groups is 1. The summed E-state index contributed by atoms with van der Waals surface area (Å²) in [6, 6.07) is 7.86. The van der Waals surface area contributed by atoms with Gasteiger partial charge >= 0.3 is 0 Å². The van der Waals surface area contributed by atoms with E-state index in [1.165, 1.54) is 0 Å². The number of carbonyl (C=O) groups excluding carboxylic acids is 2. The van der Waals surface area contributed by atoms with Crippen molar-refractivity contribution in [3.63, 3.8) is 0 Å². The van der Waals surface area contributed by atoms with Gasteiger partial charge in [0.05, 0.1) is 6.54 Å². The Kier molecular flexibility index (Phi) is 14.1. The molecule has 0 saturated heterocycles. The van der Waals surface area contributed by atoms with E-state index in [9.17, 15) is 9.59 Å². The molecular formula is C21H36IN5O2. The fourth-order valence-electron chi connectivity index (χ4n) is 2.50. The number of aliphatic imine (C=N–C) groups is 1. The van der Waals surface area contributed by atoms with Crippen LogP contribution in [0.1, 0.15) is 49.5 Å². The highest BCUT2D eigenvalue weighted by Crippen LogP contribution is 2.07. The van der Waals surface area contributed by atoms with Crippen molar-refractivity contribution >= 4 is 41.8 Å². The fourth-order valence-corrected chi connectivity index (χ4v) is 2.50. The summed E-state index contributed by atoms with van der Waals surface area (Å²) >= 11 is 0. The Labute approximate surface area is 192 Å². The van der Waals surface area contributed by atoms with Gasteiger partial charge in [-0.05, 0) is 44.4 Å². The molecule has 1 unspecified atom stereocenters. The zero-order valence-electron chi connectivity index (χ0n) is 18.2. The van der Waals surface area contributed by atoms with Gasteiger partial charge in [0.1, 0.15) is 0 Å². The minimum absolute atomic E-state index is 0. The molecule has 0 saturated carbocycles. The molecule has 8 heteroatoms. The van der Waals surface area contributed by atoms with E-state index in [-0.39, 0.29) is 41.8 Å². The largest absolute Gasteiger partial charge is 0.357 e. The van der Waals surface area contributed by atoms with Crippen LogP contribution in [0.2, 0.25) is 0 Å². The maximum atomic E-state index is 12.1. The van der Waals surface area contributed by atoms with Gasteiger partial charge in [-0.15, -0.1) is 24.0 Å². The second-order valence-electron chi connectivity index (χ2n) is 6.96. The fraction of sp³-hybridized carbons (Fsp3) is 0.571. The smallest absolute Gasteiger partial charge is 0.253 e. The van der Waals surface area contributed by atoms with Crippen LogP contribution in [0, 0.1) is 0 Å². The molecule has 0 aliphatic rings. The molecule has 164 valence electrons. The summed E-state index contributed by atoms with van der Waals surface area (Å²) in [5.41, 5.74) is 1.78. The Hall–Kier alpha value is -1.84. The first-order valence-electron chi connectivity index (χ1n) is 9.99. The number of nitrogens with one attached hydrogen (secondary N) is 3. The first kappa shape index (κ1) is 27.2. The number of amides is 2. The molecule has 2 amide bonds. The van der Waals surface area contributed by atoms with Crippen LogP contribution in [0.25, 0.3) is 0 Å². The van der Waals surface area contributed by atoms with Crippen LogP contribution in [0.15, 0.2) is 29.3 Å². The van der Waals surface area contributed by atoms with E-state index < -0.39 is 0 Å². The molecule has 7 nitrogen and oxygen atoms in total. The van der Waals surface area contributed by atoms with Crippen LogP contribution in [0.4, 0.5) is 0 Å². The molecule has 1 aromatic carbocycles. The minimum Gasteiger partial charge on any atom is -0.357 e. The number of hydrogen-bond donors (Lipinski definition) is 3. The quantitative estimate of drug-likeness (QED) is 0.253. The predicted octanol–water partition coefficient (Wildman–Crippen LogP) is 2.41. The second kappa shape index (κ2) is 15.1. The van der Waals surface area contributed by atoms with Crippen LogP contribution in [0.5, 0.6) is 0 Å². The van der Waals surface area contributed by atoms with Crippen molar-refractivity contribution in [2.75, 3.05) is 33.7 Å². The number of nitrogens with zero attached hydrogens (tertiary/aromatic N) is 2. The lowest BCUT2D eigenvalue weighted by atomic mass is 10.1. The average molecular weight is 517 g/mol. The average Bonchev–Trinajstić information content (AvgIpc) is 2.67. The van der Waals surface area contributed by atoms with Crippen LogP contribution >= 0.6 is 24.0 Å². The molecule has 0 heterocycles. The van der Waals surface area contributed by atoms with E-state index >= 15 is 0 Å². The summed E-state index contributed by atoms with van der Waals surface area (Å²) in [7, 11) is 3.50. The van der Waals surface area contributed by atoms with Gasteiger partial charge in [-0.2, -0.15) is 0 Å². The lowest BCUT2D eigenvalue weighted by Gasteiger charge is -2.13. The maximum Gasteiger partial charge on any atom is 0.253 e. The van der Waals surface area contributed by atoms with Gasteiger partial charge < -0.3 is 20.9 Å². The van der Waals surface area contributed by atoms with Gasteiger partial charge in [0.15, 0.2) is 5.96 Å². The number of halogens is 1. The number of rotatable bonds is 10. The molecule has 0 spiro atoms. The van der Waals surface area contributed by atoms with Crippen LogP contribution in [0.3, 0.4) is 0 Å². The summed E-state index contributed by atoms with van der Waals surface area (Å²) in [6.45, 7) is 7.91. The van der Waals surface area contributed by atoms with E-state index in [0.717, 1.165) is 24.9 Å². The first-order valence-corrected chi connectivity index (χ1v) is 9.99. The van der Waals surface area contributed by atoms with Gasteiger partial charge in [-0.1, -0.05) is 19.1 Å². The van der Waals surface area contributed by atoms with E-state index in [2.05, 4.69) is 20.9 Å². The highest BCUT2D eigenvalue weighted by Gasteiger charge is 2.08. The second-order valence-corrected chi connectivity index (χ2v) is 6.96. The Morgan fingerprint density at radius 1 is 1.17 bits per heavy atom. The molecule has 0 aliphatic carbocycles. The lowest BCUT2D eigenvalue weighted by molar-refractivity contribution is -0.121. The molecular weight excluding hydrogens is 481 g/mol. The van der Waals surface area contributed by atoms with Crippen molar-refractivity contribution in [1.29, 1.82) is 0 Å². The van der Waals surface area contributed by atoms with Gasteiger partial charge in [0, 0.05) is 45.2 Å². The lowest BCUT2D eigenvalue weighted by Crippen LogP contribution is -2.38. The Balaban J connectivity index is 0.00000784. The summed E-state index contributed by atoms with van der Waals surface area (Å²) in [6.07, 6.45) is 2.06. The van der Waals surface area contributed by atoms with E-state index in [0.29, 0.717) is 31.0 Å². The van der Waals surface area contributed by atoms with Gasteiger partial charge in [0.25, 0.3) is 5.91 Å². The molecule has 0 radical (unpaired) electrons. The topological polar surface area (TPSA) is 85.8 Å². The monoisotopic (exact) mass is 517 g/mol. The summed E-state index contributed by atoms with van der Waals surface area (Å²) < 4.78 is 0. The minimum atomic E-state index is 0. The van der Waals surface area contributed by atoms with Crippen LogP contribution in [-0.2, 0) is 11.2 Å². The highest BCUT2D eigenvalue weighted by atomic mass is 127. The number of hydrogen-bond acceptors (Lipinski definition) is 3. The first-order chi connectivity index (χ1) is 13.4. The standard InChI is InChI=1S/C21H35N5O2.HI/c1-6-16(3)25-19(27)12-14-24-21(22-7-2)23-13-11-17-9-8-10-18(15-17)20(28)26(4)5;/h8-10,15-16H,6-7,11-14H2,1-5H3,(H,25,27)(H2,22,23,24);1H. The third kappa shape index (κ3) is 11.1. The molecule has 29 heavy (non-hydrogen) atoms. The Bertz CT molecular complexity index is 664. The summed E-state index contributed by atoms with van der Waals surface area (Å²) in [5.74, 6) is 0.719. The Morgan fingerprint density at radius 3 is 2.52 bits per heavy atom. The van der Waals surface area contributed by atoms with E-state index in [1.807, 2.05) is 45.0 Å². The van der Waals surface area contributed by atoms with Crippen molar-refractivity contribution in [2.24, 2.45) is 4.99 Å². The molecule has 1 aromatic rings. The zero-order valence-corrected chi connectivity index (χ0v) is 20.6. The van der Waals surface area contributed by atoms with Crippen molar-refractivity contribution in [3.8, 4) is 0 Å². The van der Waals surface area contributed by atoms with E-state index in [1.54, 1.807) is 19.0 Å². The number of carbonyl (C=O) groups is 2. The van der Waals surface area contributed by atoms with E-state index in [4.69, 9.17) is 0 Å². The molecule has 0 bridgehead atoms. The van der Waals surface area contributed by atoms with Crippen molar-refractivity contribution in [1.82, 2.24) is 20.9 Å². The molecule has 1 atom stereocenters. The predicted molar refractivity (Wildman–Crippen MR) is 130 cm³/mol. The van der Waals surface area contributed by atoms with Gasteiger partial charge in [0.2, 0.25) is 5.91 Å². The molecule has 0 aromatic heterocycles. The number of benzene rings is 1. The highest BCUT2D eigenvalue weighted by molar-refractivity contribution is 14.0. The third-order valence-electron chi connectivity index (χ3n) is 4.26.